The van der Waals surface area contributed by atoms with Gasteiger partial charge in [0, 0.05) is 24.5 Å². The highest BCUT2D eigenvalue weighted by Gasteiger charge is 2.39. The van der Waals surface area contributed by atoms with Crippen LogP contribution in [0.2, 0.25) is 0 Å². The lowest BCUT2D eigenvalue weighted by molar-refractivity contribution is 0.0710. The fourth-order valence-electron chi connectivity index (χ4n) is 4.31. The van der Waals surface area contributed by atoms with Gasteiger partial charge in [-0.15, -0.1) is 0 Å². The fourth-order valence-corrected chi connectivity index (χ4v) is 4.31. The molecule has 4 heterocycles. The highest BCUT2D eigenvalue weighted by molar-refractivity contribution is 6.10. The molecule has 5 rings (SSSR count). The summed E-state index contributed by atoms with van der Waals surface area (Å²) in [6, 6.07) is 1.66. The van der Waals surface area contributed by atoms with Gasteiger partial charge in [-0.3, -0.25) is 4.79 Å². The van der Waals surface area contributed by atoms with E-state index in [0.29, 0.717) is 58.9 Å². The van der Waals surface area contributed by atoms with Crippen LogP contribution in [0, 0.1) is 6.92 Å². The van der Waals surface area contributed by atoms with Gasteiger partial charge in [0.2, 0.25) is 17.5 Å². The van der Waals surface area contributed by atoms with E-state index in [1.807, 2.05) is 4.90 Å². The number of rotatable bonds is 6. The summed E-state index contributed by atoms with van der Waals surface area (Å²) in [6.07, 6.45) is 5.11. The molecule has 3 aromatic heterocycles. The lowest BCUT2D eigenvalue weighted by atomic mass is 9.95. The lowest BCUT2D eigenvalue weighted by Crippen LogP contribution is -2.38. The molecule has 0 aromatic carbocycles. The minimum Gasteiger partial charge on any atom is -0.481 e. The largest absolute Gasteiger partial charge is 0.481 e. The maximum Gasteiger partial charge on any atom is 0.258 e. The summed E-state index contributed by atoms with van der Waals surface area (Å²) in [5.41, 5.74) is 0.989. The van der Waals surface area contributed by atoms with Crippen LogP contribution in [0.5, 0.6) is 11.8 Å². The van der Waals surface area contributed by atoms with Gasteiger partial charge in [0.15, 0.2) is 0 Å². The number of likely N-dealkylation sites (tertiary alicyclic amines) is 1. The van der Waals surface area contributed by atoms with Crippen molar-refractivity contribution in [3.8, 4) is 11.8 Å². The number of anilines is 1. The monoisotopic (exact) mass is 452 g/mol. The fraction of sp³-hybridized carbons (Fsp3) is 0.522. The van der Waals surface area contributed by atoms with Gasteiger partial charge in [0.25, 0.3) is 5.91 Å². The second-order valence-corrected chi connectivity index (χ2v) is 9.00. The number of amides is 1. The third-order valence-electron chi connectivity index (χ3n) is 6.56. The van der Waals surface area contributed by atoms with Gasteiger partial charge in [-0.1, -0.05) is 0 Å². The summed E-state index contributed by atoms with van der Waals surface area (Å²) in [5.74, 6) is 2.90. The zero-order valence-electron chi connectivity index (χ0n) is 19.3. The Morgan fingerprint density at radius 1 is 1.15 bits per heavy atom. The number of fused-ring (bicyclic) bond motifs is 1. The van der Waals surface area contributed by atoms with Crippen molar-refractivity contribution in [2.24, 2.45) is 0 Å². The molecule has 10 heteroatoms. The van der Waals surface area contributed by atoms with Crippen LogP contribution in [0.25, 0.3) is 11.1 Å². The average molecular weight is 453 g/mol. The first-order chi connectivity index (χ1) is 15.9. The van der Waals surface area contributed by atoms with E-state index < -0.39 is 0 Å². The first-order valence-corrected chi connectivity index (χ1v) is 11.2. The van der Waals surface area contributed by atoms with Crippen molar-refractivity contribution in [1.82, 2.24) is 24.8 Å². The zero-order valence-corrected chi connectivity index (χ0v) is 19.3. The topological polar surface area (TPSA) is 116 Å². The number of furan rings is 1. The molecule has 1 N–H and O–H groups in total. The number of hydrogen-bond donors (Lipinski definition) is 1. The second-order valence-electron chi connectivity index (χ2n) is 9.00. The van der Waals surface area contributed by atoms with Crippen LogP contribution < -0.4 is 14.8 Å². The van der Waals surface area contributed by atoms with Crippen LogP contribution in [0.4, 0.5) is 5.82 Å². The Hall–Kier alpha value is -3.43. The van der Waals surface area contributed by atoms with Crippen LogP contribution in [-0.2, 0) is 0 Å². The Labute approximate surface area is 191 Å². The van der Waals surface area contributed by atoms with Crippen LogP contribution in [0.15, 0.2) is 16.8 Å². The van der Waals surface area contributed by atoms with E-state index in [9.17, 15) is 4.79 Å². The molecule has 0 atom stereocenters. The number of carbonyl (C=O) groups excluding carboxylic acids is 1. The molecule has 10 nitrogen and oxygen atoms in total. The summed E-state index contributed by atoms with van der Waals surface area (Å²) in [6.45, 7) is 5.13. The number of aromatic nitrogens is 4. The Morgan fingerprint density at radius 3 is 2.42 bits per heavy atom. The summed E-state index contributed by atoms with van der Waals surface area (Å²) >= 11 is 0. The van der Waals surface area contributed by atoms with Crippen molar-refractivity contribution in [1.29, 1.82) is 0 Å². The molecule has 0 spiro atoms. The third kappa shape index (κ3) is 4.05. The molecule has 3 aromatic rings. The highest BCUT2D eigenvalue weighted by Crippen LogP contribution is 2.40. The minimum atomic E-state index is -0.0624. The van der Waals surface area contributed by atoms with Crippen LogP contribution in [0.3, 0.4) is 0 Å². The third-order valence-corrected chi connectivity index (χ3v) is 6.56. The van der Waals surface area contributed by atoms with Gasteiger partial charge < -0.3 is 24.1 Å². The maximum atomic E-state index is 13.6. The maximum absolute atomic E-state index is 13.6. The second kappa shape index (κ2) is 8.17. The van der Waals surface area contributed by atoms with E-state index in [0.717, 1.165) is 25.7 Å². The van der Waals surface area contributed by atoms with Crippen molar-refractivity contribution in [2.45, 2.75) is 51.0 Å². The number of ether oxygens (including phenoxy) is 2. The molecule has 33 heavy (non-hydrogen) atoms. The molecule has 2 fully saturated rings. The van der Waals surface area contributed by atoms with Crippen molar-refractivity contribution in [3.63, 3.8) is 0 Å². The zero-order chi connectivity index (χ0) is 23.2. The van der Waals surface area contributed by atoms with E-state index in [1.165, 1.54) is 6.33 Å². The van der Waals surface area contributed by atoms with E-state index in [-0.39, 0.29) is 17.4 Å². The van der Waals surface area contributed by atoms with E-state index in [4.69, 9.17) is 13.9 Å². The summed E-state index contributed by atoms with van der Waals surface area (Å²) in [7, 11) is 3.14. The van der Waals surface area contributed by atoms with Crippen molar-refractivity contribution >= 4 is 22.8 Å². The number of aryl methyl sites for hydroxylation is 1. The van der Waals surface area contributed by atoms with Crippen molar-refractivity contribution < 1.29 is 18.7 Å². The molecule has 2 aliphatic rings. The number of carbonyl (C=O) groups is 1. The minimum absolute atomic E-state index is 0.0168. The average Bonchev–Trinajstić information content (AvgIpc) is 3.46. The van der Waals surface area contributed by atoms with Gasteiger partial charge >= 0.3 is 0 Å². The SMILES string of the molecule is COc1cc(OC)nc(C2CCN(C(=O)c3c(C)oc4ncnc(NC5(C)CC5)c34)CC2)n1. The molecular weight excluding hydrogens is 424 g/mol. The Balaban J connectivity index is 1.37. The number of nitrogens with zero attached hydrogens (tertiary/aromatic N) is 5. The molecule has 1 aliphatic heterocycles. The quantitative estimate of drug-likeness (QED) is 0.601. The van der Waals surface area contributed by atoms with Crippen LogP contribution >= 0.6 is 0 Å². The molecule has 0 unspecified atom stereocenters. The number of methoxy groups -OCH3 is 2. The summed E-state index contributed by atoms with van der Waals surface area (Å²) < 4.78 is 16.4. The normalized spacial score (nSPS) is 17.8. The van der Waals surface area contributed by atoms with Crippen LogP contribution in [-0.4, -0.2) is 63.6 Å². The first kappa shape index (κ1) is 21.4. The number of nitrogens with one attached hydrogen (secondary N) is 1. The summed E-state index contributed by atoms with van der Waals surface area (Å²) in [4.78, 5) is 33.1. The molecule has 0 radical (unpaired) electrons. The Morgan fingerprint density at radius 2 is 1.82 bits per heavy atom. The molecule has 1 amide bonds. The molecule has 174 valence electrons. The number of piperidine rings is 1. The standard InChI is InChI=1S/C23H28N6O4/c1-13-17(18-20(28-23(2)7-8-23)24-12-25-21(18)33-13)22(30)29-9-5-14(6-10-29)19-26-15(31-3)11-16(27-19)32-4/h11-12,14H,5-10H2,1-4H3,(H,24,25,28). The molecule has 1 saturated heterocycles. The van der Waals surface area contributed by atoms with Gasteiger partial charge in [-0.2, -0.15) is 9.97 Å². The molecule has 1 aliphatic carbocycles. The van der Waals surface area contributed by atoms with Gasteiger partial charge in [-0.05, 0) is 39.5 Å². The van der Waals surface area contributed by atoms with Crippen molar-refractivity contribution in [3.05, 3.63) is 29.5 Å². The van der Waals surface area contributed by atoms with Crippen LogP contribution in [0.1, 0.15) is 60.5 Å². The highest BCUT2D eigenvalue weighted by atomic mass is 16.5. The predicted octanol–water partition coefficient (Wildman–Crippen LogP) is 3.32. The Kier molecular flexibility index (Phi) is 5.30. The predicted molar refractivity (Wildman–Crippen MR) is 121 cm³/mol. The Bertz CT molecular complexity index is 1170. The summed E-state index contributed by atoms with van der Waals surface area (Å²) in [5, 5.41) is 4.14. The molecule has 0 bridgehead atoms. The van der Waals surface area contributed by atoms with E-state index in [2.05, 4.69) is 32.2 Å². The van der Waals surface area contributed by atoms with E-state index >= 15 is 0 Å². The van der Waals surface area contributed by atoms with Crippen molar-refractivity contribution in [2.75, 3.05) is 32.6 Å². The smallest absolute Gasteiger partial charge is 0.258 e. The first-order valence-electron chi connectivity index (χ1n) is 11.2. The molecule has 1 saturated carbocycles. The lowest BCUT2D eigenvalue weighted by Gasteiger charge is -2.31. The van der Waals surface area contributed by atoms with E-state index in [1.54, 1.807) is 27.2 Å². The van der Waals surface area contributed by atoms with Gasteiger partial charge in [-0.25, -0.2) is 9.97 Å². The molecular formula is C23H28N6O4. The number of hydrogen-bond acceptors (Lipinski definition) is 9. The van der Waals surface area contributed by atoms with Gasteiger partial charge in [0.1, 0.15) is 23.7 Å². The van der Waals surface area contributed by atoms with Gasteiger partial charge in [0.05, 0.1) is 31.2 Å².